The topological polar surface area (TPSA) is 69.7 Å². The number of carbonyl (C=O) groups excluding carboxylic acids is 3. The summed E-state index contributed by atoms with van der Waals surface area (Å²) in [5.41, 5.74) is 2.92. The second kappa shape index (κ2) is 6.41. The fourth-order valence-electron chi connectivity index (χ4n) is 3.87. The number of anilines is 2. The maximum absolute atomic E-state index is 12.4. The van der Waals surface area contributed by atoms with E-state index in [-0.39, 0.29) is 42.0 Å². The Morgan fingerprint density at radius 3 is 2.65 bits per heavy atom. The minimum absolute atomic E-state index is 0.0160. The van der Waals surface area contributed by atoms with Crippen molar-refractivity contribution < 1.29 is 14.4 Å². The molecule has 1 aromatic rings. The number of hydrogen-bond donors (Lipinski definition) is 1. The summed E-state index contributed by atoms with van der Waals surface area (Å²) in [6, 6.07) is 5.93. The SMILES string of the molecule is CC(C)NC(=O)[C@@H]1CC(=O)N(c2ccc3c(c2)CCN3C(=O)C2CC2)C1. The molecule has 2 aliphatic heterocycles. The first-order valence-corrected chi connectivity index (χ1v) is 9.49. The highest BCUT2D eigenvalue weighted by atomic mass is 16.2. The highest BCUT2D eigenvalue weighted by Crippen LogP contribution is 2.38. The largest absolute Gasteiger partial charge is 0.354 e. The Morgan fingerprint density at radius 2 is 1.96 bits per heavy atom. The number of fused-ring (bicyclic) bond motifs is 1. The van der Waals surface area contributed by atoms with Gasteiger partial charge in [0.15, 0.2) is 0 Å². The van der Waals surface area contributed by atoms with Gasteiger partial charge in [-0.3, -0.25) is 14.4 Å². The van der Waals surface area contributed by atoms with E-state index in [1.807, 2.05) is 36.9 Å². The van der Waals surface area contributed by atoms with E-state index in [9.17, 15) is 14.4 Å². The lowest BCUT2D eigenvalue weighted by Crippen LogP contribution is -2.37. The maximum Gasteiger partial charge on any atom is 0.230 e. The summed E-state index contributed by atoms with van der Waals surface area (Å²) in [5.74, 6) is 0.0715. The lowest BCUT2D eigenvalue weighted by molar-refractivity contribution is -0.126. The lowest BCUT2D eigenvalue weighted by Gasteiger charge is -2.20. The van der Waals surface area contributed by atoms with E-state index in [4.69, 9.17) is 0 Å². The third-order valence-corrected chi connectivity index (χ3v) is 5.39. The molecule has 1 N–H and O–H groups in total. The molecule has 2 fully saturated rings. The van der Waals surface area contributed by atoms with Gasteiger partial charge in [0.05, 0.1) is 5.92 Å². The first kappa shape index (κ1) is 17.1. The van der Waals surface area contributed by atoms with Crippen molar-refractivity contribution in [2.45, 2.75) is 45.6 Å². The van der Waals surface area contributed by atoms with E-state index >= 15 is 0 Å². The molecule has 0 unspecified atom stereocenters. The van der Waals surface area contributed by atoms with E-state index in [0.717, 1.165) is 42.7 Å². The Kier molecular flexibility index (Phi) is 4.21. The van der Waals surface area contributed by atoms with Gasteiger partial charge >= 0.3 is 0 Å². The Labute approximate surface area is 153 Å². The van der Waals surface area contributed by atoms with E-state index < -0.39 is 0 Å². The molecule has 138 valence electrons. The number of hydrogen-bond acceptors (Lipinski definition) is 3. The maximum atomic E-state index is 12.4. The van der Waals surface area contributed by atoms with Crippen LogP contribution < -0.4 is 15.1 Å². The molecule has 0 bridgehead atoms. The molecule has 6 nitrogen and oxygen atoms in total. The van der Waals surface area contributed by atoms with Crippen molar-refractivity contribution in [3.05, 3.63) is 23.8 Å². The zero-order chi connectivity index (χ0) is 18.4. The number of nitrogens with zero attached hydrogens (tertiary/aromatic N) is 2. The van der Waals surface area contributed by atoms with Gasteiger partial charge in [0.2, 0.25) is 17.7 Å². The first-order chi connectivity index (χ1) is 12.4. The number of nitrogens with one attached hydrogen (secondary N) is 1. The van der Waals surface area contributed by atoms with Crippen LogP contribution in [-0.2, 0) is 20.8 Å². The molecular weight excluding hydrogens is 330 g/mol. The predicted octanol–water partition coefficient (Wildman–Crippen LogP) is 1.86. The average molecular weight is 355 g/mol. The van der Waals surface area contributed by atoms with Crippen LogP contribution in [0.15, 0.2) is 18.2 Å². The van der Waals surface area contributed by atoms with Crippen LogP contribution in [0.3, 0.4) is 0 Å². The van der Waals surface area contributed by atoms with E-state index in [0.29, 0.717) is 6.54 Å². The minimum Gasteiger partial charge on any atom is -0.354 e. The molecule has 1 saturated carbocycles. The monoisotopic (exact) mass is 355 g/mol. The van der Waals surface area contributed by atoms with E-state index in [1.165, 1.54) is 0 Å². The molecule has 1 atom stereocenters. The van der Waals surface area contributed by atoms with Crippen molar-refractivity contribution in [2.75, 3.05) is 22.9 Å². The fraction of sp³-hybridized carbons (Fsp3) is 0.550. The minimum atomic E-state index is -0.300. The molecule has 0 aromatic heterocycles. The summed E-state index contributed by atoms with van der Waals surface area (Å²) in [6.07, 6.45) is 3.08. The Morgan fingerprint density at radius 1 is 1.19 bits per heavy atom. The zero-order valence-corrected chi connectivity index (χ0v) is 15.3. The zero-order valence-electron chi connectivity index (χ0n) is 15.3. The normalized spacial score (nSPS) is 22.1. The van der Waals surface area contributed by atoms with Crippen molar-refractivity contribution in [3.8, 4) is 0 Å². The molecular formula is C20H25N3O3. The predicted molar refractivity (Wildman–Crippen MR) is 99.0 cm³/mol. The van der Waals surface area contributed by atoms with Gasteiger partial charge < -0.3 is 15.1 Å². The first-order valence-electron chi connectivity index (χ1n) is 9.49. The molecule has 1 aliphatic carbocycles. The molecule has 1 saturated heterocycles. The standard InChI is InChI=1S/C20H25N3O3/c1-12(2)21-19(25)15-10-18(24)23(11-15)16-5-6-17-14(9-16)7-8-22(17)20(26)13-3-4-13/h5-6,9,12-13,15H,3-4,7-8,10-11H2,1-2H3,(H,21,25)/t15-/m1/s1. The molecule has 3 aliphatic rings. The van der Waals surface area contributed by atoms with Crippen molar-refractivity contribution in [3.63, 3.8) is 0 Å². The van der Waals surface area contributed by atoms with Crippen LogP contribution in [0.25, 0.3) is 0 Å². The van der Waals surface area contributed by atoms with E-state index in [2.05, 4.69) is 5.32 Å². The molecule has 1 aromatic carbocycles. The molecule has 26 heavy (non-hydrogen) atoms. The highest BCUT2D eigenvalue weighted by Gasteiger charge is 2.38. The van der Waals surface area contributed by atoms with Gasteiger partial charge in [-0.1, -0.05) is 0 Å². The average Bonchev–Trinajstić information content (AvgIpc) is 3.25. The van der Waals surface area contributed by atoms with Crippen LogP contribution >= 0.6 is 0 Å². The summed E-state index contributed by atoms with van der Waals surface area (Å²) in [5, 5.41) is 2.89. The van der Waals surface area contributed by atoms with Crippen LogP contribution in [0.1, 0.15) is 38.7 Å². The molecule has 4 rings (SSSR count). The van der Waals surface area contributed by atoms with Gasteiger partial charge in [0.1, 0.15) is 0 Å². The summed E-state index contributed by atoms with van der Waals surface area (Å²) < 4.78 is 0. The lowest BCUT2D eigenvalue weighted by atomic mass is 10.1. The van der Waals surface area contributed by atoms with Crippen molar-refractivity contribution in [2.24, 2.45) is 11.8 Å². The third-order valence-electron chi connectivity index (χ3n) is 5.39. The Hall–Kier alpha value is -2.37. The summed E-state index contributed by atoms with van der Waals surface area (Å²) in [4.78, 5) is 40.6. The fourth-order valence-corrected chi connectivity index (χ4v) is 3.87. The van der Waals surface area contributed by atoms with Crippen LogP contribution in [0.2, 0.25) is 0 Å². The summed E-state index contributed by atoms with van der Waals surface area (Å²) in [6.45, 7) is 4.98. The summed E-state index contributed by atoms with van der Waals surface area (Å²) in [7, 11) is 0. The van der Waals surface area contributed by atoms with Crippen LogP contribution in [0.5, 0.6) is 0 Å². The van der Waals surface area contributed by atoms with Gasteiger partial charge in [0, 0.05) is 42.8 Å². The Balaban J connectivity index is 1.50. The molecule has 3 amide bonds. The van der Waals surface area contributed by atoms with Gasteiger partial charge in [-0.05, 0) is 56.9 Å². The van der Waals surface area contributed by atoms with Gasteiger partial charge in [0.25, 0.3) is 0 Å². The van der Waals surface area contributed by atoms with Crippen molar-refractivity contribution in [1.29, 1.82) is 0 Å². The molecule has 2 heterocycles. The van der Waals surface area contributed by atoms with Crippen LogP contribution in [0, 0.1) is 11.8 Å². The second-order valence-electron chi connectivity index (χ2n) is 7.90. The smallest absolute Gasteiger partial charge is 0.230 e. The Bertz CT molecular complexity index is 770. The van der Waals surface area contributed by atoms with Gasteiger partial charge in [-0.15, -0.1) is 0 Å². The number of benzene rings is 1. The highest BCUT2D eigenvalue weighted by molar-refractivity contribution is 6.02. The third kappa shape index (κ3) is 3.08. The van der Waals surface area contributed by atoms with Crippen molar-refractivity contribution in [1.82, 2.24) is 5.32 Å². The quantitative estimate of drug-likeness (QED) is 0.896. The molecule has 6 heteroatoms. The van der Waals surface area contributed by atoms with Crippen LogP contribution in [0.4, 0.5) is 11.4 Å². The number of amides is 3. The second-order valence-corrected chi connectivity index (χ2v) is 7.90. The van der Waals surface area contributed by atoms with Crippen LogP contribution in [-0.4, -0.2) is 36.9 Å². The summed E-state index contributed by atoms with van der Waals surface area (Å²) >= 11 is 0. The van der Waals surface area contributed by atoms with Crippen molar-refractivity contribution >= 4 is 29.1 Å². The number of carbonyl (C=O) groups is 3. The van der Waals surface area contributed by atoms with Gasteiger partial charge in [-0.2, -0.15) is 0 Å². The number of rotatable bonds is 4. The molecule has 0 radical (unpaired) electrons. The van der Waals surface area contributed by atoms with E-state index in [1.54, 1.807) is 4.90 Å². The molecule has 0 spiro atoms. The van der Waals surface area contributed by atoms with Gasteiger partial charge in [-0.25, -0.2) is 0 Å².